The van der Waals surface area contributed by atoms with Crippen molar-refractivity contribution in [2.24, 2.45) is 0 Å². The normalized spacial score (nSPS) is 19.3. The van der Waals surface area contributed by atoms with Gasteiger partial charge in [-0.1, -0.05) is 23.9 Å². The van der Waals surface area contributed by atoms with Crippen LogP contribution in [-0.4, -0.2) is 53.4 Å². The molecule has 1 N–H and O–H groups in total. The Morgan fingerprint density at radius 2 is 1.84 bits per heavy atom. The van der Waals surface area contributed by atoms with Gasteiger partial charge in [-0.05, 0) is 57.9 Å². The molecule has 1 aromatic carbocycles. The van der Waals surface area contributed by atoms with E-state index in [-0.39, 0.29) is 16.7 Å². The van der Waals surface area contributed by atoms with Gasteiger partial charge in [-0.15, -0.1) is 0 Å². The topological polar surface area (TPSA) is 99.7 Å². The lowest BCUT2D eigenvalue weighted by Crippen LogP contribution is -2.60. The molecule has 2 aromatic rings. The maximum Gasteiger partial charge on any atom is 0.250 e. The number of hydrogen-bond acceptors (Lipinski definition) is 6. The second-order valence-corrected chi connectivity index (χ2v) is 11.7. The van der Waals surface area contributed by atoms with Crippen molar-refractivity contribution >= 4 is 45.0 Å². The first kappa shape index (κ1) is 22.8. The summed E-state index contributed by atoms with van der Waals surface area (Å²) in [5.74, 6) is -0.478. The first-order valence-corrected chi connectivity index (χ1v) is 12.8. The number of carbonyl (C=O) groups is 2. The summed E-state index contributed by atoms with van der Waals surface area (Å²) in [5.41, 5.74) is 0.188. The lowest BCUT2D eigenvalue weighted by molar-refractivity contribution is -0.126. The molecule has 2 aliphatic rings. The Balaban J connectivity index is 1.53. The zero-order chi connectivity index (χ0) is 23.1. The molecule has 3 heterocycles. The fourth-order valence-corrected chi connectivity index (χ4v) is 6.22. The molecule has 1 unspecified atom stereocenters. The number of sulfonamides is 1. The number of amides is 2. The van der Waals surface area contributed by atoms with E-state index in [1.54, 1.807) is 39.0 Å². The molecular formula is C22H26N4O4S2. The highest BCUT2D eigenvalue weighted by Crippen LogP contribution is 2.38. The molecule has 0 aliphatic carbocycles. The van der Waals surface area contributed by atoms with Crippen LogP contribution >= 0.6 is 11.8 Å². The van der Waals surface area contributed by atoms with E-state index in [2.05, 4.69) is 10.3 Å². The number of hydrogen-bond donors (Lipinski definition) is 1. The zero-order valence-electron chi connectivity index (χ0n) is 18.2. The monoisotopic (exact) mass is 474 g/mol. The summed E-state index contributed by atoms with van der Waals surface area (Å²) in [7, 11) is -3.53. The highest BCUT2D eigenvalue weighted by Gasteiger charge is 2.44. The van der Waals surface area contributed by atoms with Gasteiger partial charge in [0.05, 0.1) is 21.7 Å². The summed E-state index contributed by atoms with van der Waals surface area (Å²) < 4.78 is 26.8. The SMILES string of the molecule is CC(Sc1ccc(S(=O)(=O)N2CCCC2)cn1)C(=O)N1c2ccccc2NC(=O)C1(C)C. The van der Waals surface area contributed by atoms with E-state index in [0.717, 1.165) is 12.8 Å². The Kier molecular flexibility index (Phi) is 6.04. The molecule has 2 amide bonds. The molecular weight excluding hydrogens is 448 g/mol. The smallest absolute Gasteiger partial charge is 0.250 e. The number of pyridine rings is 1. The molecule has 1 aromatic heterocycles. The Morgan fingerprint density at radius 1 is 1.16 bits per heavy atom. The summed E-state index contributed by atoms with van der Waals surface area (Å²) in [5, 5.41) is 2.85. The number of fused-ring (bicyclic) bond motifs is 1. The molecule has 0 spiro atoms. The zero-order valence-corrected chi connectivity index (χ0v) is 19.9. The fourth-order valence-electron chi connectivity index (χ4n) is 3.93. The number of nitrogens with one attached hydrogen (secondary N) is 1. The summed E-state index contributed by atoms with van der Waals surface area (Å²) >= 11 is 1.23. The van der Waals surface area contributed by atoms with E-state index in [9.17, 15) is 18.0 Å². The lowest BCUT2D eigenvalue weighted by Gasteiger charge is -2.43. The van der Waals surface area contributed by atoms with E-state index >= 15 is 0 Å². The number of para-hydroxylation sites is 2. The molecule has 10 heteroatoms. The van der Waals surface area contributed by atoms with Gasteiger partial charge in [0.1, 0.15) is 10.4 Å². The van der Waals surface area contributed by atoms with Gasteiger partial charge < -0.3 is 5.32 Å². The summed E-state index contributed by atoms with van der Waals surface area (Å²) in [4.78, 5) is 32.0. The highest BCUT2D eigenvalue weighted by atomic mass is 32.2. The molecule has 32 heavy (non-hydrogen) atoms. The third-order valence-electron chi connectivity index (χ3n) is 5.79. The van der Waals surface area contributed by atoms with Gasteiger partial charge in [0.15, 0.2) is 0 Å². The summed E-state index contributed by atoms with van der Waals surface area (Å²) in [6.07, 6.45) is 3.09. The maximum absolute atomic E-state index is 13.4. The van der Waals surface area contributed by atoms with Crippen LogP contribution in [0.15, 0.2) is 52.5 Å². The summed E-state index contributed by atoms with van der Waals surface area (Å²) in [6.45, 7) is 6.25. The third-order valence-corrected chi connectivity index (χ3v) is 8.71. The van der Waals surface area contributed by atoms with Crippen molar-refractivity contribution < 1.29 is 18.0 Å². The van der Waals surface area contributed by atoms with Crippen molar-refractivity contribution in [3.05, 3.63) is 42.6 Å². The van der Waals surface area contributed by atoms with Crippen LogP contribution in [0.4, 0.5) is 11.4 Å². The molecule has 0 radical (unpaired) electrons. The van der Waals surface area contributed by atoms with Crippen LogP contribution in [0.1, 0.15) is 33.6 Å². The molecule has 8 nitrogen and oxygen atoms in total. The highest BCUT2D eigenvalue weighted by molar-refractivity contribution is 8.00. The van der Waals surface area contributed by atoms with E-state index in [1.807, 2.05) is 12.1 Å². The quantitative estimate of drug-likeness (QED) is 0.669. The second-order valence-electron chi connectivity index (χ2n) is 8.41. The molecule has 4 rings (SSSR count). The largest absolute Gasteiger partial charge is 0.322 e. The molecule has 2 aliphatic heterocycles. The van der Waals surface area contributed by atoms with Crippen LogP contribution in [0.2, 0.25) is 0 Å². The Bertz CT molecular complexity index is 1140. The van der Waals surface area contributed by atoms with Crippen LogP contribution < -0.4 is 10.2 Å². The molecule has 1 fully saturated rings. The van der Waals surface area contributed by atoms with E-state index < -0.39 is 20.8 Å². The minimum Gasteiger partial charge on any atom is -0.322 e. The minimum atomic E-state index is -3.53. The molecule has 1 saturated heterocycles. The lowest BCUT2D eigenvalue weighted by atomic mass is 9.96. The van der Waals surface area contributed by atoms with Gasteiger partial charge in [0, 0.05) is 19.3 Å². The van der Waals surface area contributed by atoms with Crippen molar-refractivity contribution in [1.82, 2.24) is 9.29 Å². The van der Waals surface area contributed by atoms with Crippen LogP contribution in [-0.2, 0) is 19.6 Å². The first-order valence-electron chi connectivity index (χ1n) is 10.5. The number of anilines is 2. The fraction of sp³-hybridized carbons (Fsp3) is 0.409. The average Bonchev–Trinajstić information content (AvgIpc) is 3.30. The number of thioether (sulfide) groups is 1. The number of nitrogens with zero attached hydrogens (tertiary/aromatic N) is 3. The second kappa shape index (κ2) is 8.49. The average molecular weight is 475 g/mol. The van der Waals surface area contributed by atoms with Gasteiger partial charge >= 0.3 is 0 Å². The van der Waals surface area contributed by atoms with Gasteiger partial charge in [-0.2, -0.15) is 4.31 Å². The van der Waals surface area contributed by atoms with Crippen LogP contribution in [0, 0.1) is 0 Å². The molecule has 170 valence electrons. The predicted molar refractivity (Wildman–Crippen MR) is 124 cm³/mol. The summed E-state index contributed by atoms with van der Waals surface area (Å²) in [6, 6.07) is 10.4. The van der Waals surface area contributed by atoms with Crippen LogP contribution in [0.25, 0.3) is 0 Å². The van der Waals surface area contributed by atoms with Crippen molar-refractivity contribution in [3.8, 4) is 0 Å². The van der Waals surface area contributed by atoms with Gasteiger partial charge in [-0.3, -0.25) is 14.5 Å². The van der Waals surface area contributed by atoms with Crippen LogP contribution in [0.3, 0.4) is 0 Å². The molecule has 0 saturated carbocycles. The van der Waals surface area contributed by atoms with Gasteiger partial charge in [0.25, 0.3) is 0 Å². The molecule has 1 atom stereocenters. The van der Waals surface area contributed by atoms with Crippen molar-refractivity contribution in [2.45, 2.75) is 54.3 Å². The van der Waals surface area contributed by atoms with Crippen molar-refractivity contribution in [2.75, 3.05) is 23.3 Å². The van der Waals surface area contributed by atoms with E-state index in [0.29, 0.717) is 29.5 Å². The van der Waals surface area contributed by atoms with Gasteiger partial charge in [-0.25, -0.2) is 13.4 Å². The van der Waals surface area contributed by atoms with Crippen molar-refractivity contribution in [3.63, 3.8) is 0 Å². The van der Waals surface area contributed by atoms with Gasteiger partial charge in [0.2, 0.25) is 21.8 Å². The number of benzene rings is 1. The predicted octanol–water partition coefficient (Wildman–Crippen LogP) is 3.11. The Hall–Kier alpha value is -2.43. The first-order chi connectivity index (χ1) is 15.1. The van der Waals surface area contributed by atoms with E-state index in [1.165, 1.54) is 33.2 Å². The molecule has 0 bridgehead atoms. The Morgan fingerprint density at radius 3 is 2.50 bits per heavy atom. The van der Waals surface area contributed by atoms with Crippen molar-refractivity contribution in [1.29, 1.82) is 0 Å². The van der Waals surface area contributed by atoms with E-state index in [4.69, 9.17) is 0 Å². The number of rotatable bonds is 5. The maximum atomic E-state index is 13.4. The third kappa shape index (κ3) is 4.02. The standard InChI is InChI=1S/C22H26N4O4S2/c1-15(20(27)26-18-9-5-4-8-17(18)24-21(28)22(26,2)3)31-19-11-10-16(14-23-19)32(29,30)25-12-6-7-13-25/h4-5,8-11,14-15H,6-7,12-13H2,1-3H3,(H,24,28). The van der Waals surface area contributed by atoms with Crippen LogP contribution in [0.5, 0.6) is 0 Å². The Labute approximate surface area is 192 Å². The number of aromatic nitrogens is 1. The minimum absolute atomic E-state index is 0.158. The number of carbonyl (C=O) groups excluding carboxylic acids is 2.